The normalized spacial score (nSPS) is 26.1. The van der Waals surface area contributed by atoms with Crippen molar-refractivity contribution < 1.29 is 13.6 Å². The molecular formula is C13H23F2N3O. The molecule has 0 aromatic heterocycles. The van der Waals surface area contributed by atoms with Crippen LogP contribution < -0.4 is 5.32 Å². The quantitative estimate of drug-likeness (QED) is 0.852. The van der Waals surface area contributed by atoms with E-state index in [1.165, 1.54) is 0 Å². The number of carbonyl (C=O) groups is 1. The van der Waals surface area contributed by atoms with Crippen molar-refractivity contribution >= 4 is 6.03 Å². The number of urea groups is 1. The predicted molar refractivity (Wildman–Crippen MR) is 69.4 cm³/mol. The van der Waals surface area contributed by atoms with Crippen molar-refractivity contribution in [3.05, 3.63) is 0 Å². The zero-order valence-electron chi connectivity index (χ0n) is 11.4. The fourth-order valence-corrected chi connectivity index (χ4v) is 3.21. The van der Waals surface area contributed by atoms with E-state index >= 15 is 0 Å². The van der Waals surface area contributed by atoms with Crippen molar-refractivity contribution in [3.63, 3.8) is 0 Å². The molecule has 2 aliphatic rings. The van der Waals surface area contributed by atoms with E-state index in [4.69, 9.17) is 0 Å². The maximum atomic E-state index is 12.1. The van der Waals surface area contributed by atoms with E-state index in [-0.39, 0.29) is 12.1 Å². The molecule has 4 nitrogen and oxygen atoms in total. The van der Waals surface area contributed by atoms with E-state index in [1.807, 2.05) is 0 Å². The Morgan fingerprint density at radius 1 is 1.26 bits per heavy atom. The van der Waals surface area contributed by atoms with Crippen LogP contribution in [0.1, 0.15) is 25.7 Å². The average molecular weight is 275 g/mol. The summed E-state index contributed by atoms with van der Waals surface area (Å²) in [5, 5.41) is 2.33. The molecular weight excluding hydrogens is 252 g/mol. The Labute approximate surface area is 113 Å². The third-order valence-corrected chi connectivity index (χ3v) is 4.28. The highest BCUT2D eigenvalue weighted by atomic mass is 19.3. The van der Waals surface area contributed by atoms with Crippen LogP contribution in [0.2, 0.25) is 0 Å². The molecule has 6 heteroatoms. The van der Waals surface area contributed by atoms with Gasteiger partial charge in [0.05, 0.1) is 6.54 Å². The summed E-state index contributed by atoms with van der Waals surface area (Å²) >= 11 is 0. The fourth-order valence-electron chi connectivity index (χ4n) is 3.21. The van der Waals surface area contributed by atoms with Gasteiger partial charge in [0.1, 0.15) is 0 Å². The Morgan fingerprint density at radius 3 is 2.58 bits per heavy atom. The van der Waals surface area contributed by atoms with Gasteiger partial charge in [-0.3, -0.25) is 0 Å². The number of likely N-dealkylation sites (tertiary alicyclic amines) is 2. The first kappa shape index (κ1) is 14.5. The predicted octanol–water partition coefficient (Wildman–Crippen LogP) is 1.77. The van der Waals surface area contributed by atoms with E-state index in [9.17, 15) is 13.6 Å². The third-order valence-electron chi connectivity index (χ3n) is 4.28. The molecule has 19 heavy (non-hydrogen) atoms. The standard InChI is InChI=1S/C13H23F2N3O/c1-17-7-4-10(5-8-17)11-3-2-6-18(11)13(19)16-9-12(14)15/h10-12H,2-9H2,1H3,(H,16,19)/t11-/m0/s1. The SMILES string of the molecule is CN1CCC([C@@H]2CCCN2C(=O)NCC(F)F)CC1. The Hall–Kier alpha value is -0.910. The van der Waals surface area contributed by atoms with E-state index in [2.05, 4.69) is 17.3 Å². The molecule has 2 aliphatic heterocycles. The molecule has 0 bridgehead atoms. The Balaban J connectivity index is 1.87. The molecule has 2 fully saturated rings. The van der Waals surface area contributed by atoms with Crippen LogP contribution in [0, 0.1) is 5.92 Å². The second-order valence-electron chi connectivity index (χ2n) is 5.62. The fraction of sp³-hybridized carbons (Fsp3) is 0.923. The van der Waals surface area contributed by atoms with E-state index in [0.29, 0.717) is 12.5 Å². The van der Waals surface area contributed by atoms with Crippen molar-refractivity contribution in [1.82, 2.24) is 15.1 Å². The van der Waals surface area contributed by atoms with Gasteiger partial charge < -0.3 is 15.1 Å². The molecule has 1 atom stereocenters. The summed E-state index contributed by atoms with van der Waals surface area (Å²) in [6.45, 7) is 2.28. The highest BCUT2D eigenvalue weighted by molar-refractivity contribution is 5.74. The first-order valence-corrected chi connectivity index (χ1v) is 7.09. The van der Waals surface area contributed by atoms with Crippen molar-refractivity contribution in [2.75, 3.05) is 33.2 Å². The summed E-state index contributed by atoms with van der Waals surface area (Å²) < 4.78 is 24.3. The van der Waals surface area contributed by atoms with Crippen LogP contribution in [0.25, 0.3) is 0 Å². The summed E-state index contributed by atoms with van der Waals surface area (Å²) in [6, 6.07) is -0.0758. The van der Waals surface area contributed by atoms with E-state index < -0.39 is 13.0 Å². The minimum atomic E-state index is -2.48. The van der Waals surface area contributed by atoms with Crippen LogP contribution in [0.5, 0.6) is 0 Å². The first-order chi connectivity index (χ1) is 9.08. The molecule has 2 rings (SSSR count). The Morgan fingerprint density at radius 2 is 1.95 bits per heavy atom. The second-order valence-corrected chi connectivity index (χ2v) is 5.62. The lowest BCUT2D eigenvalue weighted by atomic mass is 9.88. The van der Waals surface area contributed by atoms with Gasteiger partial charge in [0.2, 0.25) is 0 Å². The number of nitrogens with one attached hydrogen (secondary N) is 1. The maximum Gasteiger partial charge on any atom is 0.317 e. The van der Waals surface area contributed by atoms with Gasteiger partial charge in [0.25, 0.3) is 6.43 Å². The van der Waals surface area contributed by atoms with Gasteiger partial charge in [-0.2, -0.15) is 0 Å². The molecule has 2 heterocycles. The molecule has 0 unspecified atom stereocenters. The topological polar surface area (TPSA) is 35.6 Å². The van der Waals surface area contributed by atoms with Gasteiger partial charge >= 0.3 is 6.03 Å². The maximum absolute atomic E-state index is 12.1. The number of piperidine rings is 1. The van der Waals surface area contributed by atoms with Crippen molar-refractivity contribution in [2.24, 2.45) is 5.92 Å². The lowest BCUT2D eigenvalue weighted by molar-refractivity contribution is 0.120. The number of hydrogen-bond acceptors (Lipinski definition) is 2. The average Bonchev–Trinajstić information content (AvgIpc) is 2.86. The van der Waals surface area contributed by atoms with Crippen LogP contribution in [0.3, 0.4) is 0 Å². The van der Waals surface area contributed by atoms with Gasteiger partial charge in [-0.1, -0.05) is 0 Å². The van der Waals surface area contributed by atoms with Crippen molar-refractivity contribution in [3.8, 4) is 0 Å². The van der Waals surface area contributed by atoms with Crippen LogP contribution in [0.15, 0.2) is 0 Å². The summed E-state index contributed by atoms with van der Waals surface area (Å²) in [5.41, 5.74) is 0. The van der Waals surface area contributed by atoms with Gasteiger partial charge in [0, 0.05) is 12.6 Å². The molecule has 2 amide bonds. The molecule has 0 spiro atoms. The Kier molecular flexibility index (Phi) is 4.96. The number of carbonyl (C=O) groups excluding carboxylic acids is 1. The van der Waals surface area contributed by atoms with Gasteiger partial charge in [-0.05, 0) is 51.7 Å². The zero-order chi connectivity index (χ0) is 13.8. The van der Waals surface area contributed by atoms with Gasteiger partial charge in [-0.15, -0.1) is 0 Å². The number of hydrogen-bond donors (Lipinski definition) is 1. The lowest BCUT2D eigenvalue weighted by Crippen LogP contribution is -2.48. The third kappa shape index (κ3) is 3.78. The van der Waals surface area contributed by atoms with Crippen LogP contribution in [-0.4, -0.2) is 61.5 Å². The monoisotopic (exact) mass is 275 g/mol. The van der Waals surface area contributed by atoms with E-state index in [1.54, 1.807) is 4.90 Å². The van der Waals surface area contributed by atoms with Crippen LogP contribution >= 0.6 is 0 Å². The zero-order valence-corrected chi connectivity index (χ0v) is 11.4. The minimum absolute atomic E-state index is 0.242. The molecule has 0 aliphatic carbocycles. The number of nitrogens with zero attached hydrogens (tertiary/aromatic N) is 2. The van der Waals surface area contributed by atoms with Crippen molar-refractivity contribution in [2.45, 2.75) is 38.2 Å². The number of halogens is 2. The van der Waals surface area contributed by atoms with Gasteiger partial charge in [-0.25, -0.2) is 13.6 Å². The van der Waals surface area contributed by atoms with Crippen LogP contribution in [0.4, 0.5) is 13.6 Å². The highest BCUT2D eigenvalue weighted by Crippen LogP contribution is 2.30. The number of amides is 2. The lowest BCUT2D eigenvalue weighted by Gasteiger charge is -2.36. The van der Waals surface area contributed by atoms with Crippen LogP contribution in [-0.2, 0) is 0 Å². The molecule has 0 saturated carbocycles. The van der Waals surface area contributed by atoms with Gasteiger partial charge in [0.15, 0.2) is 0 Å². The molecule has 1 N–H and O–H groups in total. The highest BCUT2D eigenvalue weighted by Gasteiger charge is 2.35. The molecule has 0 aromatic rings. The van der Waals surface area contributed by atoms with E-state index in [0.717, 1.165) is 38.8 Å². The number of rotatable bonds is 3. The molecule has 0 radical (unpaired) electrons. The first-order valence-electron chi connectivity index (χ1n) is 7.09. The molecule has 0 aromatic carbocycles. The summed E-state index contributed by atoms with van der Waals surface area (Å²) in [6.07, 6.45) is 1.71. The van der Waals surface area contributed by atoms with Crippen molar-refractivity contribution in [1.29, 1.82) is 0 Å². The Bertz CT molecular complexity index is 306. The summed E-state index contributed by atoms with van der Waals surface area (Å²) in [4.78, 5) is 16.0. The second kappa shape index (κ2) is 6.50. The number of alkyl halides is 2. The summed E-state index contributed by atoms with van der Waals surface area (Å²) in [7, 11) is 2.11. The smallest absolute Gasteiger partial charge is 0.317 e. The summed E-state index contributed by atoms with van der Waals surface area (Å²) in [5.74, 6) is 0.524. The molecule has 2 saturated heterocycles. The molecule has 110 valence electrons. The minimum Gasteiger partial charge on any atom is -0.332 e. The largest absolute Gasteiger partial charge is 0.332 e.